The molecular weight excluding hydrogens is 387 g/mol. The van der Waals surface area contributed by atoms with Gasteiger partial charge in [-0.25, -0.2) is 12.8 Å². The number of anilines is 1. The number of para-hydroxylation sites is 2. The summed E-state index contributed by atoms with van der Waals surface area (Å²) in [6.45, 7) is 0.479. The molecule has 8 heteroatoms. The van der Waals surface area contributed by atoms with E-state index in [0.717, 1.165) is 5.75 Å². The number of ether oxygens (including phenoxy) is 1. The summed E-state index contributed by atoms with van der Waals surface area (Å²) in [5, 5.41) is 0.654. The first kappa shape index (κ1) is 18.3. The van der Waals surface area contributed by atoms with Gasteiger partial charge < -0.3 is 9.64 Å². The quantitative estimate of drug-likeness (QED) is 0.715. The Morgan fingerprint density at radius 3 is 2.63 bits per heavy atom. The van der Waals surface area contributed by atoms with Crippen LogP contribution in [-0.4, -0.2) is 49.5 Å². The van der Waals surface area contributed by atoms with E-state index in [9.17, 15) is 12.8 Å². The van der Waals surface area contributed by atoms with Crippen molar-refractivity contribution in [1.82, 2.24) is 0 Å². The van der Waals surface area contributed by atoms with Crippen LogP contribution in [-0.2, 0) is 9.84 Å². The first-order valence-corrected chi connectivity index (χ1v) is 11.5. The molecule has 2 aliphatic heterocycles. The van der Waals surface area contributed by atoms with Crippen molar-refractivity contribution in [2.45, 2.75) is 12.1 Å². The van der Waals surface area contributed by atoms with Gasteiger partial charge >= 0.3 is 0 Å². The Kier molecular flexibility index (Phi) is 5.10. The van der Waals surface area contributed by atoms with Crippen molar-refractivity contribution >= 4 is 32.5 Å². The Hall–Kier alpha value is -2.06. The predicted octanol–water partition coefficient (Wildman–Crippen LogP) is 2.98. The molecule has 27 heavy (non-hydrogen) atoms. The van der Waals surface area contributed by atoms with Gasteiger partial charge in [0.25, 0.3) is 0 Å². The van der Waals surface area contributed by atoms with Crippen LogP contribution in [0.2, 0.25) is 0 Å². The lowest BCUT2D eigenvalue weighted by Gasteiger charge is -2.26. The third kappa shape index (κ3) is 3.96. The summed E-state index contributed by atoms with van der Waals surface area (Å²) in [5.41, 5.74) is 0.373. The van der Waals surface area contributed by atoms with Gasteiger partial charge in [0.15, 0.2) is 15.0 Å². The summed E-state index contributed by atoms with van der Waals surface area (Å²) < 4.78 is 44.1. The Balaban J connectivity index is 1.49. The van der Waals surface area contributed by atoms with Crippen molar-refractivity contribution in [3.63, 3.8) is 0 Å². The molecule has 2 aliphatic rings. The Labute approximate surface area is 162 Å². The van der Waals surface area contributed by atoms with Crippen molar-refractivity contribution in [3.8, 4) is 5.75 Å². The van der Waals surface area contributed by atoms with Gasteiger partial charge in [-0.1, -0.05) is 42.1 Å². The number of amidine groups is 1. The first-order valence-electron chi connectivity index (χ1n) is 8.66. The van der Waals surface area contributed by atoms with Crippen LogP contribution in [0.3, 0.4) is 0 Å². The number of nitrogens with zero attached hydrogens (tertiary/aromatic N) is 2. The predicted molar refractivity (Wildman–Crippen MR) is 107 cm³/mol. The molecule has 0 bridgehead atoms. The molecule has 0 radical (unpaired) electrons. The van der Waals surface area contributed by atoms with Crippen molar-refractivity contribution in [3.05, 3.63) is 60.4 Å². The molecule has 0 N–H and O–H groups in total. The molecule has 0 amide bonds. The van der Waals surface area contributed by atoms with Crippen molar-refractivity contribution in [2.75, 3.05) is 28.8 Å². The summed E-state index contributed by atoms with van der Waals surface area (Å²) in [5.74, 6) is 1.06. The summed E-state index contributed by atoms with van der Waals surface area (Å²) >= 11 is 1.46. The Morgan fingerprint density at radius 2 is 1.85 bits per heavy atom. The minimum atomic E-state index is -3.15. The average molecular weight is 407 g/mol. The number of thioether (sulfide) groups is 1. The SMILES string of the molecule is O=S1(=O)CC2N=C(SCCOc3ccccc3)N(c3ccccc3F)C2C1. The van der Waals surface area contributed by atoms with E-state index in [2.05, 4.69) is 4.99 Å². The van der Waals surface area contributed by atoms with Crippen LogP contribution in [0.5, 0.6) is 5.75 Å². The maximum absolute atomic E-state index is 14.4. The van der Waals surface area contributed by atoms with Crippen LogP contribution in [0.25, 0.3) is 0 Å². The molecule has 0 saturated carbocycles. The molecule has 0 aromatic heterocycles. The van der Waals surface area contributed by atoms with E-state index >= 15 is 0 Å². The van der Waals surface area contributed by atoms with Crippen LogP contribution in [0, 0.1) is 5.82 Å². The van der Waals surface area contributed by atoms with Crippen LogP contribution in [0.4, 0.5) is 10.1 Å². The molecule has 2 heterocycles. The molecule has 2 aromatic rings. The molecule has 0 aliphatic carbocycles. The van der Waals surface area contributed by atoms with Crippen LogP contribution in [0.15, 0.2) is 59.6 Å². The van der Waals surface area contributed by atoms with E-state index in [1.807, 2.05) is 30.3 Å². The van der Waals surface area contributed by atoms with Gasteiger partial charge in [0.1, 0.15) is 11.6 Å². The number of aliphatic imine (C=N–C) groups is 1. The van der Waals surface area contributed by atoms with E-state index in [0.29, 0.717) is 23.2 Å². The van der Waals surface area contributed by atoms with E-state index in [-0.39, 0.29) is 29.4 Å². The zero-order chi connectivity index (χ0) is 18.9. The second kappa shape index (κ2) is 7.52. The van der Waals surface area contributed by atoms with E-state index in [1.165, 1.54) is 17.8 Å². The van der Waals surface area contributed by atoms with E-state index < -0.39 is 9.84 Å². The molecule has 1 saturated heterocycles. The van der Waals surface area contributed by atoms with Gasteiger partial charge in [-0.2, -0.15) is 0 Å². The molecule has 2 aromatic carbocycles. The number of sulfone groups is 1. The highest BCUT2D eigenvalue weighted by Crippen LogP contribution is 2.36. The third-order valence-corrected chi connectivity index (χ3v) is 7.18. The average Bonchev–Trinajstić information content (AvgIpc) is 3.11. The topological polar surface area (TPSA) is 59.0 Å². The highest BCUT2D eigenvalue weighted by Gasteiger charge is 2.47. The molecule has 2 unspecified atom stereocenters. The fourth-order valence-corrected chi connectivity index (χ4v) is 6.15. The third-order valence-electron chi connectivity index (χ3n) is 4.55. The second-order valence-electron chi connectivity index (χ2n) is 6.45. The minimum Gasteiger partial charge on any atom is -0.493 e. The number of hydrogen-bond acceptors (Lipinski definition) is 6. The number of halogens is 1. The lowest BCUT2D eigenvalue weighted by molar-refractivity contribution is 0.344. The number of hydrogen-bond donors (Lipinski definition) is 0. The van der Waals surface area contributed by atoms with Crippen molar-refractivity contribution in [1.29, 1.82) is 0 Å². The largest absolute Gasteiger partial charge is 0.493 e. The first-order chi connectivity index (χ1) is 13.0. The molecule has 4 rings (SSSR count). The van der Waals surface area contributed by atoms with Crippen molar-refractivity contribution < 1.29 is 17.5 Å². The zero-order valence-corrected chi connectivity index (χ0v) is 16.1. The number of fused-ring (bicyclic) bond motifs is 1. The van der Waals surface area contributed by atoms with Gasteiger partial charge in [-0.3, -0.25) is 4.99 Å². The lowest BCUT2D eigenvalue weighted by atomic mass is 10.1. The standard InChI is InChI=1S/C19H19FN2O3S2/c20-15-8-4-5-9-17(15)22-18-13-27(23,24)12-16(18)21-19(22)26-11-10-25-14-6-2-1-3-7-14/h1-9,16,18H,10-13H2. The van der Waals surface area contributed by atoms with Gasteiger partial charge in [0.2, 0.25) is 0 Å². The molecular formula is C19H19FN2O3S2. The monoisotopic (exact) mass is 406 g/mol. The van der Waals surface area contributed by atoms with Crippen LogP contribution >= 0.6 is 11.8 Å². The smallest absolute Gasteiger partial charge is 0.164 e. The molecule has 1 fully saturated rings. The van der Waals surface area contributed by atoms with Gasteiger partial charge in [-0.05, 0) is 24.3 Å². The fraction of sp³-hybridized carbons (Fsp3) is 0.316. The molecule has 2 atom stereocenters. The minimum absolute atomic E-state index is 0.0000757. The van der Waals surface area contributed by atoms with Crippen molar-refractivity contribution in [2.24, 2.45) is 4.99 Å². The zero-order valence-electron chi connectivity index (χ0n) is 14.5. The van der Waals surface area contributed by atoms with Crippen LogP contribution < -0.4 is 9.64 Å². The van der Waals surface area contributed by atoms with Crippen LogP contribution in [0.1, 0.15) is 0 Å². The summed E-state index contributed by atoms with van der Waals surface area (Å²) in [4.78, 5) is 6.34. The normalized spacial score (nSPS) is 23.1. The Bertz CT molecular complexity index is 950. The van der Waals surface area contributed by atoms with Gasteiger partial charge in [0.05, 0.1) is 35.9 Å². The molecule has 0 spiro atoms. The van der Waals surface area contributed by atoms with Gasteiger partial charge in [-0.15, -0.1) is 0 Å². The summed E-state index contributed by atoms with van der Waals surface area (Å²) in [6.07, 6.45) is 0. The van der Waals surface area contributed by atoms with E-state index in [1.54, 1.807) is 23.1 Å². The molecule has 5 nitrogen and oxygen atoms in total. The lowest BCUT2D eigenvalue weighted by Crippen LogP contribution is -2.39. The summed E-state index contributed by atoms with van der Waals surface area (Å²) in [6, 6.07) is 15.2. The maximum atomic E-state index is 14.4. The highest BCUT2D eigenvalue weighted by atomic mass is 32.2. The second-order valence-corrected chi connectivity index (χ2v) is 9.67. The van der Waals surface area contributed by atoms with E-state index in [4.69, 9.17) is 4.74 Å². The number of rotatable bonds is 5. The Morgan fingerprint density at radius 1 is 1.11 bits per heavy atom. The summed E-state index contributed by atoms with van der Waals surface area (Å²) in [7, 11) is -3.15. The maximum Gasteiger partial charge on any atom is 0.164 e. The number of benzene rings is 2. The molecule has 142 valence electrons. The highest BCUT2D eigenvalue weighted by molar-refractivity contribution is 8.14. The fourth-order valence-electron chi connectivity index (χ4n) is 3.37. The van der Waals surface area contributed by atoms with Gasteiger partial charge in [0, 0.05) is 5.75 Å².